The third-order valence-electron chi connectivity index (χ3n) is 7.22. The van der Waals surface area contributed by atoms with E-state index in [0.717, 1.165) is 11.1 Å². The lowest BCUT2D eigenvalue weighted by Gasteiger charge is -2.25. The lowest BCUT2D eigenvalue weighted by Crippen LogP contribution is -2.40. The molecule has 1 aromatic heterocycles. The second-order valence-corrected chi connectivity index (χ2v) is 12.2. The minimum absolute atomic E-state index is 0.140. The summed E-state index contributed by atoms with van der Waals surface area (Å²) in [5, 5.41) is 0.908. The van der Waals surface area contributed by atoms with Crippen LogP contribution in [0.5, 0.6) is 17.2 Å². The molecule has 0 saturated carbocycles. The molecule has 13 heteroatoms. The van der Waals surface area contributed by atoms with Gasteiger partial charge in [-0.3, -0.25) is 9.36 Å². The minimum Gasteiger partial charge on any atom is -0.490 e. The van der Waals surface area contributed by atoms with Gasteiger partial charge in [0.05, 0.1) is 52.2 Å². The van der Waals surface area contributed by atoms with E-state index < -0.39 is 18.0 Å². The van der Waals surface area contributed by atoms with Gasteiger partial charge in [-0.1, -0.05) is 58.8 Å². The molecular weight excluding hydrogens is 679 g/mol. The van der Waals surface area contributed by atoms with Gasteiger partial charge in [-0.25, -0.2) is 14.6 Å². The van der Waals surface area contributed by atoms with Gasteiger partial charge < -0.3 is 23.7 Å². The zero-order valence-corrected chi connectivity index (χ0v) is 28.9. The first kappa shape index (κ1) is 34.7. The monoisotopic (exact) mass is 710 g/mol. The van der Waals surface area contributed by atoms with Gasteiger partial charge in [0.25, 0.3) is 5.56 Å². The zero-order valence-electron chi connectivity index (χ0n) is 26.6. The average molecular weight is 712 g/mol. The number of hydrogen-bond acceptors (Lipinski definition) is 10. The number of rotatable bonds is 12. The fraction of sp³-hybridized carbons (Fsp3) is 0.257. The predicted octanol–water partition coefficient (Wildman–Crippen LogP) is 5.63. The van der Waals surface area contributed by atoms with Crippen molar-refractivity contribution < 1.29 is 33.3 Å². The van der Waals surface area contributed by atoms with Crippen molar-refractivity contribution in [1.82, 2.24) is 4.57 Å². The number of methoxy groups -OCH3 is 1. The molecule has 0 spiro atoms. The molecule has 1 atom stereocenters. The van der Waals surface area contributed by atoms with E-state index in [1.165, 1.54) is 23.0 Å². The number of carbonyl (C=O) groups is 2. The van der Waals surface area contributed by atoms with E-state index >= 15 is 0 Å². The first-order chi connectivity index (χ1) is 23.1. The molecule has 1 aliphatic heterocycles. The standard InChI is InChI=1S/C35H32Cl2N2O8S/c1-5-44-28-17-23(11-13-27(28)47-19-30(40)43-4)32-31(34(42)45-6-2)20(3)38-35-39(32)33(41)29(48-35)16-21-8-7-9-24(14-21)46-18-22-10-12-25(36)26(37)15-22/h7-17,32H,5-6,18-19H2,1-4H3/b29-16-/t32-/m0/s1. The van der Waals surface area contributed by atoms with Crippen LogP contribution in [0.2, 0.25) is 10.0 Å². The molecule has 48 heavy (non-hydrogen) atoms. The Morgan fingerprint density at radius 2 is 1.77 bits per heavy atom. The molecule has 4 aromatic rings. The van der Waals surface area contributed by atoms with E-state index in [4.69, 9.17) is 42.1 Å². The number of esters is 2. The van der Waals surface area contributed by atoms with Crippen molar-refractivity contribution in [2.24, 2.45) is 4.99 Å². The van der Waals surface area contributed by atoms with Crippen LogP contribution in [0.1, 0.15) is 43.5 Å². The lowest BCUT2D eigenvalue weighted by molar-refractivity contribution is -0.143. The first-order valence-corrected chi connectivity index (χ1v) is 16.5. The van der Waals surface area contributed by atoms with Gasteiger partial charge in [0.1, 0.15) is 12.4 Å². The van der Waals surface area contributed by atoms with Gasteiger partial charge in [-0.2, -0.15) is 0 Å². The summed E-state index contributed by atoms with van der Waals surface area (Å²) < 4.78 is 29.4. The number of hydrogen-bond donors (Lipinski definition) is 0. The molecule has 10 nitrogen and oxygen atoms in total. The molecule has 250 valence electrons. The van der Waals surface area contributed by atoms with E-state index in [9.17, 15) is 14.4 Å². The summed E-state index contributed by atoms with van der Waals surface area (Å²) in [6, 6.07) is 16.8. The van der Waals surface area contributed by atoms with Crippen molar-refractivity contribution in [2.75, 3.05) is 26.9 Å². The Labute approximate surface area is 290 Å². The van der Waals surface area contributed by atoms with E-state index in [0.29, 0.717) is 54.5 Å². The zero-order chi connectivity index (χ0) is 34.4. The van der Waals surface area contributed by atoms with Gasteiger partial charge >= 0.3 is 11.9 Å². The fourth-order valence-electron chi connectivity index (χ4n) is 5.03. The highest BCUT2D eigenvalue weighted by Crippen LogP contribution is 2.36. The molecule has 5 rings (SSSR count). The highest BCUT2D eigenvalue weighted by Gasteiger charge is 2.34. The van der Waals surface area contributed by atoms with Gasteiger partial charge in [0.2, 0.25) is 0 Å². The van der Waals surface area contributed by atoms with Crippen LogP contribution in [-0.4, -0.2) is 43.4 Å². The van der Waals surface area contributed by atoms with Crippen LogP contribution in [0.3, 0.4) is 0 Å². The van der Waals surface area contributed by atoms with Crippen molar-refractivity contribution in [1.29, 1.82) is 0 Å². The Hall–Kier alpha value is -4.58. The molecule has 0 saturated heterocycles. The molecular formula is C35H32Cl2N2O8S. The third-order valence-corrected chi connectivity index (χ3v) is 8.94. The largest absolute Gasteiger partial charge is 0.490 e. The number of nitrogens with zero attached hydrogens (tertiary/aromatic N) is 2. The average Bonchev–Trinajstić information content (AvgIpc) is 3.37. The Morgan fingerprint density at radius 3 is 2.50 bits per heavy atom. The van der Waals surface area contributed by atoms with E-state index in [2.05, 4.69) is 9.73 Å². The second-order valence-electron chi connectivity index (χ2n) is 10.4. The third kappa shape index (κ3) is 7.75. The number of benzene rings is 3. The summed E-state index contributed by atoms with van der Waals surface area (Å²) >= 11 is 13.4. The molecule has 3 aromatic carbocycles. The maximum atomic E-state index is 14.1. The van der Waals surface area contributed by atoms with Crippen LogP contribution in [0.15, 0.2) is 81.7 Å². The van der Waals surface area contributed by atoms with E-state index in [1.807, 2.05) is 30.3 Å². The van der Waals surface area contributed by atoms with Gasteiger partial charge in [0, 0.05) is 0 Å². The Bertz CT molecular complexity index is 2070. The molecule has 0 fully saturated rings. The number of aromatic nitrogens is 1. The maximum Gasteiger partial charge on any atom is 0.343 e. The summed E-state index contributed by atoms with van der Waals surface area (Å²) in [4.78, 5) is 44.2. The summed E-state index contributed by atoms with van der Waals surface area (Å²) in [7, 11) is 1.27. The highest BCUT2D eigenvalue weighted by molar-refractivity contribution is 7.07. The molecule has 2 heterocycles. The first-order valence-electron chi connectivity index (χ1n) is 15.0. The SMILES string of the molecule is CCOC(=O)C1=C(C)N=c2s/c(=C\c3cccc(OCc4ccc(Cl)c(Cl)c4)c3)c(=O)n2[C@H]1c1ccc(OCC(=O)OC)c(OCC)c1. The minimum atomic E-state index is -0.878. The summed E-state index contributed by atoms with van der Waals surface area (Å²) in [6.07, 6.45) is 1.76. The maximum absolute atomic E-state index is 14.1. The Balaban J connectivity index is 1.55. The second kappa shape index (κ2) is 15.5. The molecule has 1 aliphatic rings. The van der Waals surface area contributed by atoms with Crippen LogP contribution in [0.4, 0.5) is 0 Å². The summed E-state index contributed by atoms with van der Waals surface area (Å²) in [5.41, 5.74) is 2.45. The van der Waals surface area contributed by atoms with Crippen molar-refractivity contribution in [3.8, 4) is 17.2 Å². The van der Waals surface area contributed by atoms with E-state index in [1.54, 1.807) is 57.2 Å². The normalized spacial score (nSPS) is 14.2. The van der Waals surface area contributed by atoms with Crippen molar-refractivity contribution >= 4 is 52.6 Å². The quantitative estimate of drug-likeness (QED) is 0.174. The molecule has 0 N–H and O–H groups in total. The Kier molecular flexibility index (Phi) is 11.3. The molecule has 0 unspecified atom stereocenters. The molecule has 0 radical (unpaired) electrons. The topological polar surface area (TPSA) is 115 Å². The Morgan fingerprint density at radius 1 is 0.958 bits per heavy atom. The van der Waals surface area contributed by atoms with Crippen molar-refractivity contribution in [2.45, 2.75) is 33.4 Å². The summed E-state index contributed by atoms with van der Waals surface area (Å²) in [6.45, 7) is 5.62. The predicted molar refractivity (Wildman–Crippen MR) is 183 cm³/mol. The molecule has 0 amide bonds. The van der Waals surface area contributed by atoms with E-state index in [-0.39, 0.29) is 31.0 Å². The highest BCUT2D eigenvalue weighted by atomic mass is 35.5. The number of fused-ring (bicyclic) bond motifs is 1. The van der Waals surface area contributed by atoms with Crippen LogP contribution < -0.4 is 29.1 Å². The lowest BCUT2D eigenvalue weighted by atomic mass is 9.95. The number of allylic oxidation sites excluding steroid dienone is 1. The fourth-order valence-corrected chi connectivity index (χ4v) is 6.39. The number of ether oxygens (including phenoxy) is 5. The van der Waals surface area contributed by atoms with Crippen molar-refractivity contribution in [3.63, 3.8) is 0 Å². The van der Waals surface area contributed by atoms with Crippen LogP contribution >= 0.6 is 34.5 Å². The number of carbonyl (C=O) groups excluding carboxylic acids is 2. The van der Waals surface area contributed by atoms with Crippen molar-refractivity contribution in [3.05, 3.63) is 118 Å². The summed E-state index contributed by atoms with van der Waals surface area (Å²) in [5.74, 6) is 0.0859. The smallest absolute Gasteiger partial charge is 0.343 e. The van der Waals surface area contributed by atoms with Crippen LogP contribution in [0, 0.1) is 0 Å². The van der Waals surface area contributed by atoms with Gasteiger partial charge in [-0.15, -0.1) is 0 Å². The molecule has 0 aliphatic carbocycles. The van der Waals surface area contributed by atoms with Gasteiger partial charge in [-0.05, 0) is 79.9 Å². The van der Waals surface area contributed by atoms with Crippen LogP contribution in [-0.2, 0) is 25.7 Å². The number of thiazole rings is 1. The molecule has 0 bridgehead atoms. The number of halogens is 2. The van der Waals surface area contributed by atoms with Crippen LogP contribution in [0.25, 0.3) is 6.08 Å². The van der Waals surface area contributed by atoms with Gasteiger partial charge in [0.15, 0.2) is 22.9 Å².